The first-order valence-corrected chi connectivity index (χ1v) is 8.52. The molecule has 8 nitrogen and oxygen atoms in total. The molecule has 1 fully saturated rings. The van der Waals surface area contributed by atoms with E-state index in [4.69, 9.17) is 5.21 Å². The van der Waals surface area contributed by atoms with Gasteiger partial charge in [-0.25, -0.2) is 10.5 Å². The number of hydrogen-bond acceptors (Lipinski definition) is 7. The highest BCUT2D eigenvalue weighted by molar-refractivity contribution is 5.90. The van der Waals surface area contributed by atoms with E-state index in [2.05, 4.69) is 25.6 Å². The van der Waals surface area contributed by atoms with Crippen LogP contribution in [0, 0.1) is 0 Å². The van der Waals surface area contributed by atoms with E-state index >= 15 is 0 Å². The Bertz CT molecular complexity index is 756. The first-order valence-electron chi connectivity index (χ1n) is 8.52. The third-order valence-corrected chi connectivity index (χ3v) is 4.30. The smallest absolute Gasteiger partial charge is 0.267 e. The molecular formula is C18H25Cl3N6O2. The predicted molar refractivity (Wildman–Crippen MR) is 119 cm³/mol. The van der Waals surface area contributed by atoms with E-state index in [1.54, 1.807) is 12.4 Å². The number of nitrogens with zero attached hydrogens (tertiary/aromatic N) is 3. The molecule has 11 heteroatoms. The van der Waals surface area contributed by atoms with Crippen LogP contribution in [-0.4, -0.2) is 44.7 Å². The van der Waals surface area contributed by atoms with Gasteiger partial charge >= 0.3 is 0 Å². The number of carbonyl (C=O) groups excluding carboxylic acids is 1. The molecule has 0 unspecified atom stereocenters. The minimum Gasteiger partial charge on any atom is -0.362 e. The first-order chi connectivity index (χ1) is 12.7. The number of anilines is 1. The van der Waals surface area contributed by atoms with Crippen molar-refractivity contribution in [2.24, 2.45) is 0 Å². The normalized spacial score (nSPS) is 18.0. The summed E-state index contributed by atoms with van der Waals surface area (Å²) in [6.45, 7) is 1.83. The Morgan fingerprint density at radius 3 is 2.62 bits per heavy atom. The molecule has 160 valence electrons. The third kappa shape index (κ3) is 8.12. The average molecular weight is 464 g/mol. The molecule has 0 aromatic carbocycles. The number of rotatable bonds is 6. The maximum absolute atomic E-state index is 11.0. The summed E-state index contributed by atoms with van der Waals surface area (Å²) in [7, 11) is 0. The van der Waals surface area contributed by atoms with E-state index in [9.17, 15) is 4.79 Å². The molecule has 3 rings (SSSR count). The summed E-state index contributed by atoms with van der Waals surface area (Å²) in [4.78, 5) is 24.1. The largest absolute Gasteiger partial charge is 0.362 e. The molecule has 2 aromatic rings. The van der Waals surface area contributed by atoms with Crippen molar-refractivity contribution in [2.75, 3.05) is 18.4 Å². The number of amides is 1. The molecule has 3 heterocycles. The summed E-state index contributed by atoms with van der Waals surface area (Å²) in [6.07, 6.45) is 10.6. The zero-order chi connectivity index (χ0) is 18.2. The van der Waals surface area contributed by atoms with E-state index in [1.165, 1.54) is 17.6 Å². The minimum absolute atomic E-state index is 0. The van der Waals surface area contributed by atoms with Crippen molar-refractivity contribution in [1.29, 1.82) is 0 Å². The van der Waals surface area contributed by atoms with Crippen molar-refractivity contribution in [1.82, 2.24) is 25.7 Å². The molecule has 0 saturated carbocycles. The van der Waals surface area contributed by atoms with E-state index in [0.717, 1.165) is 38.0 Å². The zero-order valence-corrected chi connectivity index (χ0v) is 18.0. The lowest BCUT2D eigenvalue weighted by Crippen LogP contribution is -2.53. The number of halogens is 3. The van der Waals surface area contributed by atoms with Gasteiger partial charge in [0.05, 0.1) is 23.6 Å². The van der Waals surface area contributed by atoms with Gasteiger partial charge in [-0.15, -0.1) is 37.2 Å². The number of piperidine rings is 1. The van der Waals surface area contributed by atoms with Crippen molar-refractivity contribution in [3.05, 3.63) is 54.3 Å². The Morgan fingerprint density at radius 1 is 1.21 bits per heavy atom. The Morgan fingerprint density at radius 2 is 2.03 bits per heavy atom. The highest BCUT2D eigenvalue weighted by atomic mass is 35.5. The van der Waals surface area contributed by atoms with Crippen molar-refractivity contribution < 1.29 is 10.0 Å². The maximum atomic E-state index is 11.0. The Balaban J connectivity index is 0.00000261. The Labute approximate surface area is 188 Å². The maximum Gasteiger partial charge on any atom is 0.267 e. The van der Waals surface area contributed by atoms with Crippen molar-refractivity contribution >= 4 is 55.0 Å². The number of hydroxylamine groups is 1. The van der Waals surface area contributed by atoms with E-state index in [1.807, 2.05) is 24.4 Å². The van der Waals surface area contributed by atoms with Crippen LogP contribution in [0.2, 0.25) is 0 Å². The number of pyridine rings is 1. The van der Waals surface area contributed by atoms with Crippen LogP contribution < -0.4 is 16.1 Å². The van der Waals surface area contributed by atoms with Crippen LogP contribution >= 0.6 is 37.2 Å². The van der Waals surface area contributed by atoms with Gasteiger partial charge in [0.2, 0.25) is 0 Å². The molecule has 1 atom stereocenters. The van der Waals surface area contributed by atoms with Crippen LogP contribution in [0.5, 0.6) is 0 Å². The highest BCUT2D eigenvalue weighted by Gasteiger charge is 2.33. The van der Waals surface area contributed by atoms with Gasteiger partial charge in [0.15, 0.2) is 0 Å². The van der Waals surface area contributed by atoms with Gasteiger partial charge in [-0.2, -0.15) is 0 Å². The second-order valence-electron chi connectivity index (χ2n) is 6.32. The fourth-order valence-corrected chi connectivity index (χ4v) is 3.08. The quantitative estimate of drug-likeness (QED) is 0.296. The van der Waals surface area contributed by atoms with E-state index < -0.39 is 5.91 Å². The summed E-state index contributed by atoms with van der Waals surface area (Å²) >= 11 is 0. The predicted octanol–water partition coefficient (Wildman–Crippen LogP) is 2.43. The van der Waals surface area contributed by atoms with Crippen LogP contribution in [0.1, 0.15) is 24.2 Å². The van der Waals surface area contributed by atoms with Crippen LogP contribution in [0.3, 0.4) is 0 Å². The van der Waals surface area contributed by atoms with Gasteiger partial charge in [0.25, 0.3) is 5.91 Å². The lowest BCUT2D eigenvalue weighted by atomic mass is 9.85. The summed E-state index contributed by atoms with van der Waals surface area (Å²) in [5, 5.41) is 15.5. The number of nitrogens with one attached hydrogen (secondary N) is 3. The van der Waals surface area contributed by atoms with Crippen LogP contribution in [0.4, 0.5) is 5.82 Å². The molecule has 0 radical (unpaired) electrons. The van der Waals surface area contributed by atoms with Crippen molar-refractivity contribution in [2.45, 2.75) is 24.8 Å². The summed E-state index contributed by atoms with van der Waals surface area (Å²) in [6, 6.07) is 5.94. The molecule has 4 N–H and O–H groups in total. The summed E-state index contributed by atoms with van der Waals surface area (Å²) < 4.78 is 0. The molecule has 1 aliphatic rings. The van der Waals surface area contributed by atoms with Gasteiger partial charge in [-0.3, -0.25) is 20.0 Å². The monoisotopic (exact) mass is 462 g/mol. The lowest BCUT2D eigenvalue weighted by molar-refractivity contribution is -0.124. The van der Waals surface area contributed by atoms with Gasteiger partial charge in [0, 0.05) is 30.9 Å². The number of hydrogen-bond donors (Lipinski definition) is 4. The fraction of sp³-hybridized carbons (Fsp3) is 0.333. The van der Waals surface area contributed by atoms with Crippen molar-refractivity contribution in [3.63, 3.8) is 0 Å². The second-order valence-corrected chi connectivity index (χ2v) is 6.32. The standard InChI is InChI=1S/C18H22N6O2.3ClH/c25-17(24-26)6-5-15-11-22-16(12-21-15)23-18(7-3-8-19-13-18)10-14-4-1-2-9-20-14;;;/h1-2,4-6,9,11-12,19,26H,3,7-8,10,13H2,(H,22,23)(H,24,25);3*1H/b6-5+;;;/t18-;;;/m1.../s1. The van der Waals surface area contributed by atoms with Gasteiger partial charge in [0.1, 0.15) is 5.82 Å². The third-order valence-electron chi connectivity index (χ3n) is 4.30. The Hall–Kier alpha value is -1.97. The van der Waals surface area contributed by atoms with Crippen molar-refractivity contribution in [3.8, 4) is 0 Å². The molecule has 1 aliphatic heterocycles. The number of carbonyl (C=O) groups is 1. The summed E-state index contributed by atoms with van der Waals surface area (Å²) in [5.41, 5.74) is 2.92. The topological polar surface area (TPSA) is 112 Å². The van der Waals surface area contributed by atoms with Crippen LogP contribution in [-0.2, 0) is 11.2 Å². The SMILES string of the molecule is Cl.Cl.Cl.O=C(/C=C/c1cnc(N[C@@]2(Cc3ccccn3)CCCNC2)cn1)NO. The lowest BCUT2D eigenvalue weighted by Gasteiger charge is -2.38. The molecule has 0 bridgehead atoms. The minimum atomic E-state index is -0.614. The van der Waals surface area contributed by atoms with Crippen LogP contribution in [0.15, 0.2) is 42.9 Å². The molecular weight excluding hydrogens is 439 g/mol. The average Bonchev–Trinajstić information content (AvgIpc) is 2.68. The van der Waals surface area contributed by atoms with Gasteiger partial charge in [-0.1, -0.05) is 6.07 Å². The number of aromatic nitrogens is 3. The first kappa shape index (κ1) is 27.0. The summed E-state index contributed by atoms with van der Waals surface area (Å²) in [5.74, 6) is 0.0602. The zero-order valence-electron chi connectivity index (χ0n) is 15.6. The molecule has 0 spiro atoms. The molecule has 1 amide bonds. The molecule has 0 aliphatic carbocycles. The highest BCUT2D eigenvalue weighted by Crippen LogP contribution is 2.25. The van der Waals surface area contributed by atoms with E-state index in [-0.39, 0.29) is 42.8 Å². The Kier molecular flexibility index (Phi) is 12.4. The molecule has 29 heavy (non-hydrogen) atoms. The molecule has 2 aromatic heterocycles. The van der Waals surface area contributed by atoms with E-state index in [0.29, 0.717) is 11.5 Å². The van der Waals surface area contributed by atoms with Gasteiger partial charge in [-0.05, 0) is 37.6 Å². The van der Waals surface area contributed by atoms with Crippen LogP contribution in [0.25, 0.3) is 6.08 Å². The molecule has 1 saturated heterocycles. The van der Waals surface area contributed by atoms with Gasteiger partial charge < -0.3 is 10.6 Å². The second kappa shape index (κ2) is 13.3. The fourth-order valence-electron chi connectivity index (χ4n) is 3.08.